The molecule has 1 N–H and O–H groups in total. The van der Waals surface area contributed by atoms with E-state index in [0.29, 0.717) is 15.5 Å². The molecule has 7 heteroatoms. The van der Waals surface area contributed by atoms with Gasteiger partial charge in [-0.25, -0.2) is 4.68 Å². The van der Waals surface area contributed by atoms with Gasteiger partial charge in [-0.2, -0.15) is 5.10 Å². The second-order valence-electron chi connectivity index (χ2n) is 3.47. The van der Waals surface area contributed by atoms with Gasteiger partial charge in [-0.15, -0.1) is 0 Å². The summed E-state index contributed by atoms with van der Waals surface area (Å²) in [6.45, 7) is 2.61. The fraction of sp³-hybridized carbons (Fsp3) is 0.500. The van der Waals surface area contributed by atoms with Crippen molar-refractivity contribution in [3.05, 3.63) is 25.5 Å². The van der Waals surface area contributed by atoms with Crippen LogP contribution in [0.1, 0.15) is 19.8 Å². The Hall–Kier alpha value is -0.690. The van der Waals surface area contributed by atoms with Crippen molar-refractivity contribution in [1.29, 1.82) is 0 Å². The summed E-state index contributed by atoms with van der Waals surface area (Å²) in [6, 6.07) is 0. The van der Waals surface area contributed by atoms with Gasteiger partial charge in [0.25, 0.3) is 5.56 Å². The van der Waals surface area contributed by atoms with E-state index in [0.717, 1.165) is 17.5 Å². The molecule has 0 spiro atoms. The Morgan fingerprint density at radius 2 is 2.24 bits per heavy atom. The van der Waals surface area contributed by atoms with Crippen molar-refractivity contribution in [3.8, 4) is 0 Å². The molecule has 1 rings (SSSR count). The number of carbonyl (C=O) groups excluding carboxylic acids is 1. The zero-order valence-electron chi connectivity index (χ0n) is 9.37. The van der Waals surface area contributed by atoms with Gasteiger partial charge in [0.05, 0.1) is 10.7 Å². The molecule has 0 aliphatic rings. The van der Waals surface area contributed by atoms with Crippen molar-refractivity contribution in [2.75, 3.05) is 6.54 Å². The van der Waals surface area contributed by atoms with E-state index in [-0.39, 0.29) is 18.0 Å². The summed E-state index contributed by atoms with van der Waals surface area (Å²) in [6.07, 6.45) is 3.42. The van der Waals surface area contributed by atoms with E-state index in [9.17, 15) is 9.59 Å². The van der Waals surface area contributed by atoms with E-state index >= 15 is 0 Å². The second kappa shape index (κ2) is 6.90. The molecule has 17 heavy (non-hydrogen) atoms. The average Bonchev–Trinajstić information content (AvgIpc) is 2.30. The summed E-state index contributed by atoms with van der Waals surface area (Å²) in [7, 11) is 0. The smallest absolute Gasteiger partial charge is 0.282 e. The van der Waals surface area contributed by atoms with Crippen LogP contribution in [0, 0.1) is 0 Å². The normalized spacial score (nSPS) is 10.3. The first-order valence-corrected chi connectivity index (χ1v) is 6.82. The monoisotopic (exact) mass is 365 g/mol. The fourth-order valence-electron chi connectivity index (χ4n) is 1.15. The molecule has 0 unspecified atom stereocenters. The minimum Gasteiger partial charge on any atom is -0.354 e. The van der Waals surface area contributed by atoms with Gasteiger partial charge < -0.3 is 5.32 Å². The summed E-state index contributed by atoms with van der Waals surface area (Å²) in [5.41, 5.74) is -0.329. The quantitative estimate of drug-likeness (QED) is 0.806. The molecule has 1 aromatic heterocycles. The topological polar surface area (TPSA) is 64.0 Å². The molecule has 1 amide bonds. The molecule has 0 atom stereocenters. The lowest BCUT2D eigenvalue weighted by Crippen LogP contribution is -2.34. The average molecular weight is 367 g/mol. The first-order chi connectivity index (χ1) is 8.06. The van der Waals surface area contributed by atoms with Gasteiger partial charge in [0.15, 0.2) is 0 Å². The van der Waals surface area contributed by atoms with E-state index < -0.39 is 0 Å². The molecule has 0 aliphatic heterocycles. The van der Waals surface area contributed by atoms with Gasteiger partial charge in [-0.1, -0.05) is 13.3 Å². The number of carbonyl (C=O) groups is 1. The van der Waals surface area contributed by atoms with Gasteiger partial charge in [-0.3, -0.25) is 9.59 Å². The number of rotatable bonds is 5. The summed E-state index contributed by atoms with van der Waals surface area (Å²) >= 11 is 6.31. The first kappa shape index (κ1) is 14.4. The summed E-state index contributed by atoms with van der Waals surface area (Å²) < 4.78 is 2.06. The van der Waals surface area contributed by atoms with Crippen LogP contribution in [0.3, 0.4) is 0 Å². The Kier molecular flexibility index (Phi) is 5.84. The Balaban J connectivity index is 2.66. The van der Waals surface area contributed by atoms with E-state index in [1.54, 1.807) is 0 Å². The van der Waals surface area contributed by atoms with Crippen molar-refractivity contribution in [2.45, 2.75) is 26.3 Å². The summed E-state index contributed by atoms with van der Waals surface area (Å²) in [4.78, 5) is 23.2. The van der Waals surface area contributed by atoms with Crippen LogP contribution in [0.5, 0.6) is 0 Å². The zero-order valence-corrected chi connectivity index (χ0v) is 12.5. The van der Waals surface area contributed by atoms with Crippen molar-refractivity contribution in [2.24, 2.45) is 0 Å². The highest BCUT2D eigenvalue weighted by atomic mass is 79.9. The predicted octanol–water partition coefficient (Wildman–Crippen LogP) is 1.68. The van der Waals surface area contributed by atoms with Gasteiger partial charge in [-0.05, 0) is 38.3 Å². The largest absolute Gasteiger partial charge is 0.354 e. The number of hydrogen-bond donors (Lipinski definition) is 1. The van der Waals surface area contributed by atoms with Crippen LogP contribution in [-0.2, 0) is 11.3 Å². The minimum atomic E-state index is -0.329. The summed E-state index contributed by atoms with van der Waals surface area (Å²) in [5.74, 6) is -0.206. The van der Waals surface area contributed by atoms with E-state index in [2.05, 4.69) is 42.3 Å². The van der Waals surface area contributed by atoms with Gasteiger partial charge in [0.1, 0.15) is 11.0 Å². The maximum atomic E-state index is 11.7. The van der Waals surface area contributed by atoms with Gasteiger partial charge >= 0.3 is 0 Å². The minimum absolute atomic E-state index is 0.0611. The third kappa shape index (κ3) is 4.23. The van der Waals surface area contributed by atoms with Crippen LogP contribution in [0.25, 0.3) is 0 Å². The first-order valence-electron chi connectivity index (χ1n) is 5.24. The molecular formula is C10H13Br2N3O2. The molecule has 1 heterocycles. The lowest BCUT2D eigenvalue weighted by atomic mass is 10.3. The van der Waals surface area contributed by atoms with Crippen molar-refractivity contribution in [1.82, 2.24) is 15.1 Å². The van der Waals surface area contributed by atoms with Crippen LogP contribution in [-0.4, -0.2) is 22.2 Å². The number of nitrogens with zero attached hydrogens (tertiary/aromatic N) is 2. The van der Waals surface area contributed by atoms with E-state index in [4.69, 9.17) is 0 Å². The van der Waals surface area contributed by atoms with Gasteiger partial charge in [0.2, 0.25) is 5.91 Å². The Bertz CT molecular complexity index is 459. The molecule has 1 aromatic rings. The number of aromatic nitrogens is 2. The van der Waals surface area contributed by atoms with Crippen LogP contribution in [0.15, 0.2) is 19.9 Å². The van der Waals surface area contributed by atoms with Crippen LogP contribution < -0.4 is 10.9 Å². The SMILES string of the molecule is CCCCNC(=O)Cn1ncc(Br)c(Br)c1=O. The second-order valence-corrected chi connectivity index (χ2v) is 5.12. The molecule has 0 saturated heterocycles. The fourth-order valence-corrected chi connectivity index (χ4v) is 1.72. The number of nitrogens with one attached hydrogen (secondary N) is 1. The van der Waals surface area contributed by atoms with E-state index in [1.165, 1.54) is 6.20 Å². The molecule has 0 fully saturated rings. The Morgan fingerprint density at radius 1 is 1.53 bits per heavy atom. The Morgan fingerprint density at radius 3 is 2.88 bits per heavy atom. The maximum Gasteiger partial charge on any atom is 0.282 e. The highest BCUT2D eigenvalue weighted by molar-refractivity contribution is 9.13. The van der Waals surface area contributed by atoms with Crippen molar-refractivity contribution >= 4 is 37.8 Å². The predicted molar refractivity (Wildman–Crippen MR) is 71.8 cm³/mol. The van der Waals surface area contributed by atoms with Gasteiger partial charge in [0, 0.05) is 6.54 Å². The molecule has 0 aliphatic carbocycles. The molecule has 0 bridgehead atoms. The molecule has 5 nitrogen and oxygen atoms in total. The van der Waals surface area contributed by atoms with Crippen molar-refractivity contribution < 1.29 is 4.79 Å². The molecular weight excluding hydrogens is 354 g/mol. The zero-order chi connectivity index (χ0) is 12.8. The summed E-state index contributed by atoms with van der Waals surface area (Å²) in [5, 5.41) is 6.60. The molecule has 0 saturated carbocycles. The lowest BCUT2D eigenvalue weighted by Gasteiger charge is -2.06. The highest BCUT2D eigenvalue weighted by Gasteiger charge is 2.09. The highest BCUT2D eigenvalue weighted by Crippen LogP contribution is 2.16. The van der Waals surface area contributed by atoms with Crippen LogP contribution >= 0.6 is 31.9 Å². The molecule has 94 valence electrons. The standard InChI is InChI=1S/C10H13Br2N3O2/c1-2-3-4-13-8(16)6-15-10(17)9(12)7(11)5-14-15/h5H,2-4,6H2,1H3,(H,13,16). The maximum absolute atomic E-state index is 11.7. The van der Waals surface area contributed by atoms with E-state index in [1.807, 2.05) is 6.92 Å². The number of amides is 1. The number of unbranched alkanes of at least 4 members (excludes halogenated alkanes) is 1. The third-order valence-corrected chi connectivity index (χ3v) is 3.99. The number of halogens is 2. The molecule has 0 radical (unpaired) electrons. The molecule has 0 aromatic carbocycles. The van der Waals surface area contributed by atoms with Crippen LogP contribution in [0.4, 0.5) is 0 Å². The Labute approximate surface area is 116 Å². The third-order valence-electron chi connectivity index (χ3n) is 2.09. The lowest BCUT2D eigenvalue weighted by molar-refractivity contribution is -0.121. The van der Waals surface area contributed by atoms with Crippen LogP contribution in [0.2, 0.25) is 0 Å². The number of hydrogen-bond acceptors (Lipinski definition) is 3. The van der Waals surface area contributed by atoms with Crippen molar-refractivity contribution in [3.63, 3.8) is 0 Å².